The molecule has 0 spiro atoms. The summed E-state index contributed by atoms with van der Waals surface area (Å²) in [6.45, 7) is 3.89. The highest BCUT2D eigenvalue weighted by atomic mass is 32.1. The Bertz CT molecular complexity index is 901. The van der Waals surface area contributed by atoms with E-state index in [0.29, 0.717) is 16.1 Å². The lowest BCUT2D eigenvalue weighted by atomic mass is 10.1. The van der Waals surface area contributed by atoms with Crippen LogP contribution in [0.4, 0.5) is 5.69 Å². The van der Waals surface area contributed by atoms with E-state index in [9.17, 15) is 9.59 Å². The van der Waals surface area contributed by atoms with E-state index in [2.05, 4.69) is 5.32 Å². The summed E-state index contributed by atoms with van der Waals surface area (Å²) >= 11 is 1.34. The van der Waals surface area contributed by atoms with Crippen molar-refractivity contribution in [2.24, 2.45) is 0 Å². The molecule has 1 amide bonds. The van der Waals surface area contributed by atoms with Gasteiger partial charge >= 0.3 is 5.97 Å². The summed E-state index contributed by atoms with van der Waals surface area (Å²) in [4.78, 5) is 26.7. The first-order valence-electron chi connectivity index (χ1n) is 8.23. The topological polar surface area (TPSA) is 55.4 Å². The predicted octanol–water partition coefficient (Wildman–Crippen LogP) is 4.90. The van der Waals surface area contributed by atoms with Crippen molar-refractivity contribution < 1.29 is 14.3 Å². The molecule has 3 rings (SSSR count). The number of aryl methyl sites for hydroxylation is 2. The third-order valence-corrected chi connectivity index (χ3v) is 4.81. The Hall–Kier alpha value is -2.92. The summed E-state index contributed by atoms with van der Waals surface area (Å²) in [5.74, 6) is -0.891. The number of rotatable bonds is 5. The van der Waals surface area contributed by atoms with E-state index in [1.165, 1.54) is 11.3 Å². The van der Waals surface area contributed by atoms with Gasteiger partial charge < -0.3 is 10.1 Å². The maximum absolute atomic E-state index is 12.8. The number of hydrogen-bond acceptors (Lipinski definition) is 4. The molecule has 1 aromatic heterocycles. The van der Waals surface area contributed by atoms with Crippen LogP contribution in [0.2, 0.25) is 0 Å². The van der Waals surface area contributed by atoms with Crippen molar-refractivity contribution in [3.8, 4) is 0 Å². The van der Waals surface area contributed by atoms with Gasteiger partial charge in [0, 0.05) is 16.1 Å². The monoisotopic (exact) mass is 365 g/mol. The normalized spacial score (nSPS) is 11.6. The molecule has 0 unspecified atom stereocenters. The molecule has 4 nitrogen and oxygen atoms in total. The summed E-state index contributed by atoms with van der Waals surface area (Å²) in [6.07, 6.45) is -1.02. The number of benzene rings is 2. The number of amides is 1. The second-order valence-corrected chi connectivity index (χ2v) is 7.25. The number of ether oxygens (including phenoxy) is 1. The Balaban J connectivity index is 1.82. The molecule has 1 heterocycles. The van der Waals surface area contributed by atoms with Crippen LogP contribution in [0.25, 0.3) is 0 Å². The number of nitrogens with one attached hydrogen (secondary N) is 1. The Morgan fingerprint density at radius 3 is 2.23 bits per heavy atom. The largest absolute Gasteiger partial charge is 0.443 e. The van der Waals surface area contributed by atoms with E-state index in [1.807, 2.05) is 62.4 Å². The van der Waals surface area contributed by atoms with Gasteiger partial charge in [-0.3, -0.25) is 4.79 Å². The van der Waals surface area contributed by atoms with E-state index < -0.39 is 12.1 Å². The lowest BCUT2D eigenvalue weighted by Crippen LogP contribution is -2.25. The number of carbonyl (C=O) groups excluding carboxylic acids is 2. The Kier molecular flexibility index (Phi) is 5.49. The molecule has 1 atom stereocenters. The number of carbonyl (C=O) groups is 2. The summed E-state index contributed by atoms with van der Waals surface area (Å²) in [7, 11) is 0. The Morgan fingerprint density at radius 2 is 1.62 bits per heavy atom. The zero-order valence-electron chi connectivity index (χ0n) is 14.6. The minimum absolute atomic E-state index is 0.387. The molecule has 0 bridgehead atoms. The minimum atomic E-state index is -1.02. The van der Waals surface area contributed by atoms with Crippen molar-refractivity contribution in [2.45, 2.75) is 20.0 Å². The highest BCUT2D eigenvalue weighted by Crippen LogP contribution is 2.24. The van der Waals surface area contributed by atoms with Gasteiger partial charge in [-0.25, -0.2) is 4.79 Å². The lowest BCUT2D eigenvalue weighted by molar-refractivity contribution is -0.125. The first kappa shape index (κ1) is 17.9. The fraction of sp³-hybridized carbons (Fsp3) is 0.143. The number of thiophene rings is 1. The minimum Gasteiger partial charge on any atom is -0.443 e. The number of anilines is 1. The summed E-state index contributed by atoms with van der Waals surface area (Å²) in [5, 5.41) is 2.82. The van der Waals surface area contributed by atoms with Gasteiger partial charge in [0.25, 0.3) is 5.91 Å². The van der Waals surface area contributed by atoms with Crippen LogP contribution >= 0.6 is 11.3 Å². The smallest absolute Gasteiger partial charge is 0.349 e. The van der Waals surface area contributed by atoms with Crippen LogP contribution in [0.1, 0.15) is 31.8 Å². The van der Waals surface area contributed by atoms with E-state index in [4.69, 9.17) is 4.74 Å². The molecule has 1 N–H and O–H groups in total. The highest BCUT2D eigenvalue weighted by Gasteiger charge is 2.26. The van der Waals surface area contributed by atoms with Gasteiger partial charge in [-0.2, -0.15) is 0 Å². The Labute approximate surface area is 156 Å². The van der Waals surface area contributed by atoms with Gasteiger partial charge in [0.1, 0.15) is 4.88 Å². The average Bonchev–Trinajstić information content (AvgIpc) is 3.08. The molecule has 0 fully saturated rings. The maximum Gasteiger partial charge on any atom is 0.349 e. The van der Waals surface area contributed by atoms with Crippen LogP contribution < -0.4 is 5.32 Å². The molecule has 0 radical (unpaired) electrons. The van der Waals surface area contributed by atoms with Crippen molar-refractivity contribution in [3.63, 3.8) is 0 Å². The van der Waals surface area contributed by atoms with Gasteiger partial charge in [0.05, 0.1) is 0 Å². The van der Waals surface area contributed by atoms with E-state index in [-0.39, 0.29) is 5.91 Å². The van der Waals surface area contributed by atoms with E-state index in [1.54, 1.807) is 18.2 Å². The van der Waals surface area contributed by atoms with Crippen molar-refractivity contribution in [3.05, 3.63) is 87.6 Å². The second kappa shape index (κ2) is 7.97. The molecule has 0 saturated heterocycles. The molecular formula is C21H19NO3S. The molecule has 0 aliphatic carbocycles. The molecule has 3 aromatic rings. The maximum atomic E-state index is 12.8. The van der Waals surface area contributed by atoms with Gasteiger partial charge in [-0.15, -0.1) is 11.3 Å². The highest BCUT2D eigenvalue weighted by molar-refractivity contribution is 7.13. The first-order valence-corrected chi connectivity index (χ1v) is 9.04. The zero-order chi connectivity index (χ0) is 18.5. The van der Waals surface area contributed by atoms with Crippen LogP contribution in [0, 0.1) is 13.8 Å². The van der Waals surface area contributed by atoms with Gasteiger partial charge in [0.15, 0.2) is 0 Å². The molecule has 0 saturated carbocycles. The quantitative estimate of drug-likeness (QED) is 0.654. The SMILES string of the molecule is Cc1ccc(NC(=O)[C@H](OC(=O)c2ccc(C)s2)c2ccccc2)cc1. The molecule has 0 aliphatic heterocycles. The van der Waals surface area contributed by atoms with Crippen molar-refractivity contribution >= 4 is 28.9 Å². The van der Waals surface area contributed by atoms with Gasteiger partial charge in [-0.05, 0) is 38.1 Å². The van der Waals surface area contributed by atoms with Crippen molar-refractivity contribution in [2.75, 3.05) is 5.32 Å². The van der Waals surface area contributed by atoms with Crippen LogP contribution in [0.3, 0.4) is 0 Å². The number of esters is 1. The summed E-state index contributed by atoms with van der Waals surface area (Å²) in [5.41, 5.74) is 2.38. The predicted molar refractivity (Wildman–Crippen MR) is 103 cm³/mol. The van der Waals surface area contributed by atoms with E-state index >= 15 is 0 Å². The fourth-order valence-corrected chi connectivity index (χ4v) is 3.21. The molecule has 2 aromatic carbocycles. The standard InChI is InChI=1S/C21H19NO3S/c1-14-8-11-17(12-9-14)22-20(23)19(16-6-4-3-5-7-16)25-21(24)18-13-10-15(2)26-18/h3-13,19H,1-2H3,(H,22,23)/t19-/m1/s1. The molecular weight excluding hydrogens is 346 g/mol. The third-order valence-electron chi connectivity index (χ3n) is 3.83. The first-order chi connectivity index (χ1) is 12.5. The number of hydrogen-bond donors (Lipinski definition) is 1. The summed E-state index contributed by atoms with van der Waals surface area (Å²) < 4.78 is 5.55. The van der Waals surface area contributed by atoms with E-state index in [0.717, 1.165) is 10.4 Å². The van der Waals surface area contributed by atoms with Gasteiger partial charge in [-0.1, -0.05) is 48.0 Å². The lowest BCUT2D eigenvalue weighted by Gasteiger charge is -2.18. The van der Waals surface area contributed by atoms with Crippen molar-refractivity contribution in [1.29, 1.82) is 0 Å². The van der Waals surface area contributed by atoms with Crippen LogP contribution in [0.5, 0.6) is 0 Å². The Morgan fingerprint density at radius 1 is 0.923 bits per heavy atom. The second-order valence-electron chi connectivity index (χ2n) is 5.96. The van der Waals surface area contributed by atoms with Crippen LogP contribution in [-0.4, -0.2) is 11.9 Å². The van der Waals surface area contributed by atoms with Gasteiger partial charge in [0.2, 0.25) is 6.10 Å². The summed E-state index contributed by atoms with van der Waals surface area (Å²) in [6, 6.07) is 20.0. The van der Waals surface area contributed by atoms with Crippen molar-refractivity contribution in [1.82, 2.24) is 0 Å². The zero-order valence-corrected chi connectivity index (χ0v) is 15.4. The van der Waals surface area contributed by atoms with Crippen LogP contribution in [-0.2, 0) is 9.53 Å². The fourth-order valence-electron chi connectivity index (χ4n) is 2.45. The van der Waals surface area contributed by atoms with Crippen LogP contribution in [0.15, 0.2) is 66.7 Å². The molecule has 0 aliphatic rings. The molecule has 5 heteroatoms. The third kappa shape index (κ3) is 4.37. The average molecular weight is 365 g/mol. The molecule has 132 valence electrons. The molecule has 26 heavy (non-hydrogen) atoms.